The molecule has 0 spiro atoms. The Kier molecular flexibility index (Phi) is 3.67. The van der Waals surface area contributed by atoms with Crippen molar-refractivity contribution in [3.63, 3.8) is 0 Å². The molecule has 0 aromatic heterocycles. The minimum atomic E-state index is -0.543. The Hall–Kier alpha value is -1.09. The first-order valence-corrected chi connectivity index (χ1v) is 6.31. The van der Waals surface area contributed by atoms with Crippen LogP contribution in [-0.4, -0.2) is 10.6 Å². The summed E-state index contributed by atoms with van der Waals surface area (Å²) in [6.45, 7) is 2.90. The van der Waals surface area contributed by atoms with Gasteiger partial charge < -0.3 is 10.4 Å². The lowest BCUT2D eigenvalue weighted by Crippen LogP contribution is -2.43. The summed E-state index contributed by atoms with van der Waals surface area (Å²) in [6, 6.07) is 4.57. The van der Waals surface area contributed by atoms with Gasteiger partial charge in [0.15, 0.2) is 11.6 Å². The smallest absolute Gasteiger partial charge is 0.165 e. The van der Waals surface area contributed by atoms with E-state index in [0.717, 1.165) is 5.56 Å². The van der Waals surface area contributed by atoms with Crippen molar-refractivity contribution in [3.8, 4) is 5.75 Å². The highest BCUT2D eigenvalue weighted by Crippen LogP contribution is 2.28. The molecule has 1 aliphatic rings. The molecule has 3 heteroatoms. The van der Waals surface area contributed by atoms with Crippen LogP contribution in [0.1, 0.15) is 44.6 Å². The average Bonchev–Trinajstić information content (AvgIpc) is 2.32. The van der Waals surface area contributed by atoms with E-state index in [1.54, 1.807) is 6.07 Å². The fourth-order valence-electron chi connectivity index (χ4n) is 2.48. The Morgan fingerprint density at radius 2 is 2.00 bits per heavy atom. The fraction of sp³-hybridized carbons (Fsp3) is 0.571. The Labute approximate surface area is 102 Å². The van der Waals surface area contributed by atoms with Gasteiger partial charge in [-0.05, 0) is 37.5 Å². The van der Waals surface area contributed by atoms with Gasteiger partial charge >= 0.3 is 0 Å². The van der Waals surface area contributed by atoms with Gasteiger partial charge in [-0.2, -0.15) is 0 Å². The van der Waals surface area contributed by atoms with Crippen molar-refractivity contribution < 1.29 is 9.50 Å². The van der Waals surface area contributed by atoms with E-state index in [4.69, 9.17) is 5.11 Å². The molecule has 94 valence electrons. The van der Waals surface area contributed by atoms with Gasteiger partial charge in [-0.3, -0.25) is 0 Å². The molecule has 0 heterocycles. The number of phenolic OH excluding ortho intramolecular Hbond substituents is 1. The SMILES string of the molecule is CC1(NCc2ccc(O)c(F)c2)CCCCC1. The summed E-state index contributed by atoms with van der Waals surface area (Å²) < 4.78 is 13.2. The van der Waals surface area contributed by atoms with E-state index >= 15 is 0 Å². The maximum atomic E-state index is 13.2. The van der Waals surface area contributed by atoms with Crippen molar-refractivity contribution in [2.45, 2.75) is 51.1 Å². The largest absolute Gasteiger partial charge is 0.505 e. The van der Waals surface area contributed by atoms with Gasteiger partial charge in [-0.1, -0.05) is 25.3 Å². The summed E-state index contributed by atoms with van der Waals surface area (Å²) in [5.74, 6) is -0.823. The molecule has 1 fully saturated rings. The molecule has 2 nitrogen and oxygen atoms in total. The zero-order chi connectivity index (χ0) is 12.3. The van der Waals surface area contributed by atoms with Crippen LogP contribution in [0.5, 0.6) is 5.75 Å². The zero-order valence-electron chi connectivity index (χ0n) is 10.3. The second kappa shape index (κ2) is 5.05. The van der Waals surface area contributed by atoms with E-state index in [0.29, 0.717) is 6.54 Å². The van der Waals surface area contributed by atoms with Crippen LogP contribution in [0.25, 0.3) is 0 Å². The quantitative estimate of drug-likeness (QED) is 0.845. The average molecular weight is 237 g/mol. The highest BCUT2D eigenvalue weighted by molar-refractivity contribution is 5.28. The molecule has 0 bridgehead atoms. The number of rotatable bonds is 3. The van der Waals surface area contributed by atoms with Crippen LogP contribution < -0.4 is 5.32 Å². The molecule has 1 aliphatic carbocycles. The minimum absolute atomic E-state index is 0.187. The molecule has 0 unspecified atom stereocenters. The number of hydrogen-bond donors (Lipinski definition) is 2. The monoisotopic (exact) mass is 237 g/mol. The second-order valence-electron chi connectivity index (χ2n) is 5.26. The molecule has 17 heavy (non-hydrogen) atoms. The van der Waals surface area contributed by atoms with Gasteiger partial charge in [0.2, 0.25) is 0 Å². The summed E-state index contributed by atoms with van der Waals surface area (Å²) >= 11 is 0. The number of halogens is 1. The molecular formula is C14H20FNO. The molecule has 1 saturated carbocycles. The second-order valence-corrected chi connectivity index (χ2v) is 5.26. The summed E-state index contributed by atoms with van der Waals surface area (Å²) in [5.41, 5.74) is 1.07. The number of phenols is 1. The van der Waals surface area contributed by atoms with E-state index in [-0.39, 0.29) is 11.3 Å². The van der Waals surface area contributed by atoms with Gasteiger partial charge in [0.25, 0.3) is 0 Å². The number of nitrogens with one attached hydrogen (secondary N) is 1. The van der Waals surface area contributed by atoms with Crippen molar-refractivity contribution in [3.05, 3.63) is 29.6 Å². The van der Waals surface area contributed by atoms with Gasteiger partial charge in [-0.25, -0.2) is 4.39 Å². The van der Waals surface area contributed by atoms with Crippen LogP contribution in [0.2, 0.25) is 0 Å². The Bertz CT molecular complexity index is 386. The van der Waals surface area contributed by atoms with Crippen molar-refractivity contribution >= 4 is 0 Å². The molecule has 1 aromatic rings. The summed E-state index contributed by atoms with van der Waals surface area (Å²) in [5, 5.41) is 12.6. The van der Waals surface area contributed by atoms with E-state index in [1.165, 1.54) is 44.2 Å². The molecule has 2 N–H and O–H groups in total. The summed E-state index contributed by atoms with van der Waals surface area (Å²) in [6.07, 6.45) is 6.24. The normalized spacial score (nSPS) is 19.2. The zero-order valence-corrected chi connectivity index (χ0v) is 10.3. The van der Waals surface area contributed by atoms with E-state index in [1.807, 2.05) is 0 Å². The summed E-state index contributed by atoms with van der Waals surface area (Å²) in [4.78, 5) is 0. The fourth-order valence-corrected chi connectivity index (χ4v) is 2.48. The van der Waals surface area contributed by atoms with E-state index in [2.05, 4.69) is 12.2 Å². The van der Waals surface area contributed by atoms with Crippen LogP contribution in [-0.2, 0) is 6.54 Å². The third-order valence-electron chi connectivity index (χ3n) is 3.69. The molecule has 0 saturated heterocycles. The van der Waals surface area contributed by atoms with E-state index in [9.17, 15) is 4.39 Å². The van der Waals surface area contributed by atoms with Gasteiger partial charge in [0.1, 0.15) is 0 Å². The number of benzene rings is 1. The number of aromatic hydroxyl groups is 1. The molecule has 0 amide bonds. The molecular weight excluding hydrogens is 217 g/mol. The van der Waals surface area contributed by atoms with Crippen LogP contribution >= 0.6 is 0 Å². The Morgan fingerprint density at radius 3 is 2.65 bits per heavy atom. The topological polar surface area (TPSA) is 32.3 Å². The van der Waals surface area contributed by atoms with Gasteiger partial charge in [-0.15, -0.1) is 0 Å². The first-order valence-electron chi connectivity index (χ1n) is 6.31. The van der Waals surface area contributed by atoms with Gasteiger partial charge in [0, 0.05) is 12.1 Å². The van der Waals surface area contributed by atoms with Crippen LogP contribution in [0.4, 0.5) is 4.39 Å². The predicted octanol–water partition coefficient (Wildman–Crippen LogP) is 3.34. The highest BCUT2D eigenvalue weighted by Gasteiger charge is 2.25. The Morgan fingerprint density at radius 1 is 1.29 bits per heavy atom. The van der Waals surface area contributed by atoms with Crippen LogP contribution in [0.15, 0.2) is 18.2 Å². The standard InChI is InChI=1S/C14H20FNO/c1-14(7-3-2-4-8-14)16-10-11-5-6-13(17)12(15)9-11/h5-6,9,16-17H,2-4,7-8,10H2,1H3. The Balaban J connectivity index is 1.94. The first kappa shape index (κ1) is 12.4. The summed E-state index contributed by atoms with van der Waals surface area (Å²) in [7, 11) is 0. The van der Waals surface area contributed by atoms with Crippen molar-refractivity contribution in [2.75, 3.05) is 0 Å². The lowest BCUT2D eigenvalue weighted by molar-refractivity contribution is 0.252. The minimum Gasteiger partial charge on any atom is -0.505 e. The van der Waals surface area contributed by atoms with Crippen molar-refractivity contribution in [1.82, 2.24) is 5.32 Å². The highest BCUT2D eigenvalue weighted by atomic mass is 19.1. The third-order valence-corrected chi connectivity index (χ3v) is 3.69. The van der Waals surface area contributed by atoms with Gasteiger partial charge in [0.05, 0.1) is 0 Å². The van der Waals surface area contributed by atoms with Crippen molar-refractivity contribution in [1.29, 1.82) is 0 Å². The van der Waals surface area contributed by atoms with Crippen LogP contribution in [0, 0.1) is 5.82 Å². The molecule has 0 atom stereocenters. The molecule has 2 rings (SSSR count). The lowest BCUT2D eigenvalue weighted by atomic mass is 9.83. The number of hydrogen-bond acceptors (Lipinski definition) is 2. The van der Waals surface area contributed by atoms with E-state index < -0.39 is 5.82 Å². The molecule has 1 aromatic carbocycles. The first-order chi connectivity index (χ1) is 8.09. The van der Waals surface area contributed by atoms with Crippen molar-refractivity contribution in [2.24, 2.45) is 0 Å². The molecule has 0 aliphatic heterocycles. The lowest BCUT2D eigenvalue weighted by Gasteiger charge is -2.34. The van der Waals surface area contributed by atoms with Crippen LogP contribution in [0.3, 0.4) is 0 Å². The maximum absolute atomic E-state index is 13.2. The molecule has 0 radical (unpaired) electrons. The predicted molar refractivity (Wildman–Crippen MR) is 66.4 cm³/mol. The maximum Gasteiger partial charge on any atom is 0.165 e. The third kappa shape index (κ3) is 3.19.